The van der Waals surface area contributed by atoms with Gasteiger partial charge in [0.15, 0.2) is 5.89 Å². The van der Waals surface area contributed by atoms with E-state index in [0.29, 0.717) is 18.9 Å². The monoisotopic (exact) mass is 367 g/mol. The van der Waals surface area contributed by atoms with Crippen molar-refractivity contribution < 1.29 is 9.21 Å². The number of aromatic nitrogens is 3. The van der Waals surface area contributed by atoms with Crippen molar-refractivity contribution in [2.24, 2.45) is 0 Å². The molecule has 27 heavy (non-hydrogen) atoms. The lowest BCUT2D eigenvalue weighted by Crippen LogP contribution is -2.45. The molecule has 3 heterocycles. The highest BCUT2D eigenvalue weighted by Crippen LogP contribution is 2.30. The first-order chi connectivity index (χ1) is 13.1. The van der Waals surface area contributed by atoms with Crippen LogP contribution in [-0.2, 0) is 6.42 Å². The lowest BCUT2D eigenvalue weighted by atomic mass is 10.0. The molecule has 7 nitrogen and oxygen atoms in total. The smallest absolute Gasteiger partial charge is 0.318 e. The number of urea groups is 1. The first-order valence-electron chi connectivity index (χ1n) is 9.54. The van der Waals surface area contributed by atoms with Gasteiger partial charge >= 0.3 is 6.03 Å². The number of para-hydroxylation sites is 2. The Labute approximate surface area is 158 Å². The fourth-order valence-electron chi connectivity index (χ4n) is 3.78. The molecule has 2 aromatic heterocycles. The van der Waals surface area contributed by atoms with Crippen LogP contribution in [0.15, 0.2) is 28.7 Å². The molecule has 0 radical (unpaired) electrons. The normalized spacial score (nSPS) is 17.4. The Bertz CT molecular complexity index is 912. The number of piperidine rings is 1. The van der Waals surface area contributed by atoms with Crippen LogP contribution in [-0.4, -0.2) is 39.0 Å². The average molecular weight is 367 g/mol. The van der Waals surface area contributed by atoms with Gasteiger partial charge < -0.3 is 19.6 Å². The molecule has 2 amide bonds. The number of likely N-dealkylation sites (tertiary alicyclic amines) is 1. The minimum Gasteiger partial charge on any atom is -0.446 e. The first kappa shape index (κ1) is 17.6. The van der Waals surface area contributed by atoms with E-state index in [0.717, 1.165) is 54.1 Å². The molecule has 1 aromatic carbocycles. The zero-order chi connectivity index (χ0) is 18.8. The lowest BCUT2D eigenvalue weighted by Gasteiger charge is -2.34. The van der Waals surface area contributed by atoms with Crippen LogP contribution in [0.1, 0.15) is 48.5 Å². The number of nitrogens with one attached hydrogen (secondary N) is 2. The van der Waals surface area contributed by atoms with Crippen LogP contribution in [0.3, 0.4) is 0 Å². The van der Waals surface area contributed by atoms with Crippen molar-refractivity contribution in [2.45, 2.75) is 45.6 Å². The van der Waals surface area contributed by atoms with E-state index in [1.54, 1.807) is 0 Å². The van der Waals surface area contributed by atoms with Crippen molar-refractivity contribution in [3.05, 3.63) is 47.4 Å². The van der Waals surface area contributed by atoms with E-state index >= 15 is 0 Å². The van der Waals surface area contributed by atoms with E-state index in [2.05, 4.69) is 15.3 Å². The van der Waals surface area contributed by atoms with Crippen LogP contribution in [0.25, 0.3) is 11.0 Å². The van der Waals surface area contributed by atoms with E-state index in [-0.39, 0.29) is 12.1 Å². The molecule has 1 aliphatic heterocycles. The molecular weight excluding hydrogens is 342 g/mol. The SMILES string of the molecule is Cc1nc(CCNC(=O)N2CCCCC2c2nc3ccccc3[nH]2)c(C)o1. The summed E-state index contributed by atoms with van der Waals surface area (Å²) in [6, 6.07) is 7.92. The van der Waals surface area contributed by atoms with Crippen molar-refractivity contribution in [2.75, 3.05) is 13.1 Å². The van der Waals surface area contributed by atoms with Gasteiger partial charge in [0.25, 0.3) is 0 Å². The number of aromatic amines is 1. The van der Waals surface area contributed by atoms with Crippen LogP contribution in [0, 0.1) is 13.8 Å². The van der Waals surface area contributed by atoms with Gasteiger partial charge in [-0.05, 0) is 38.3 Å². The second-order valence-corrected chi connectivity index (χ2v) is 7.06. The summed E-state index contributed by atoms with van der Waals surface area (Å²) >= 11 is 0. The zero-order valence-electron chi connectivity index (χ0n) is 15.8. The van der Waals surface area contributed by atoms with Crippen molar-refractivity contribution in [1.29, 1.82) is 0 Å². The van der Waals surface area contributed by atoms with Gasteiger partial charge in [-0.25, -0.2) is 14.8 Å². The molecule has 0 aliphatic carbocycles. The maximum Gasteiger partial charge on any atom is 0.318 e. The molecule has 1 aliphatic rings. The van der Waals surface area contributed by atoms with Crippen LogP contribution < -0.4 is 5.32 Å². The van der Waals surface area contributed by atoms with Crippen LogP contribution in [0.2, 0.25) is 0 Å². The van der Waals surface area contributed by atoms with Gasteiger partial charge in [0, 0.05) is 26.4 Å². The largest absolute Gasteiger partial charge is 0.446 e. The van der Waals surface area contributed by atoms with E-state index in [1.165, 1.54) is 0 Å². The Hall–Kier alpha value is -2.83. The summed E-state index contributed by atoms with van der Waals surface area (Å²) in [5.74, 6) is 2.35. The highest BCUT2D eigenvalue weighted by atomic mass is 16.4. The molecular formula is C20H25N5O2. The molecule has 0 saturated carbocycles. The number of hydrogen-bond donors (Lipinski definition) is 2. The highest BCUT2D eigenvalue weighted by molar-refractivity contribution is 5.76. The number of oxazole rings is 1. The summed E-state index contributed by atoms with van der Waals surface area (Å²) in [5.41, 5.74) is 2.85. The predicted molar refractivity (Wildman–Crippen MR) is 102 cm³/mol. The molecule has 0 spiro atoms. The van der Waals surface area contributed by atoms with Crippen LogP contribution in [0.5, 0.6) is 0 Å². The predicted octanol–water partition coefficient (Wildman–Crippen LogP) is 3.65. The second kappa shape index (κ2) is 7.42. The third-order valence-electron chi connectivity index (χ3n) is 5.12. The number of rotatable bonds is 4. The molecule has 1 saturated heterocycles. The van der Waals surface area contributed by atoms with Crippen LogP contribution in [0.4, 0.5) is 4.79 Å². The van der Waals surface area contributed by atoms with Crippen LogP contribution >= 0.6 is 0 Å². The standard InChI is InChI=1S/C20H25N5O2/c1-13-15(22-14(2)27-13)10-11-21-20(26)25-12-6-5-9-18(25)19-23-16-7-3-4-8-17(16)24-19/h3-4,7-8,18H,5-6,9-12H2,1-2H3,(H,21,26)(H,23,24). The topological polar surface area (TPSA) is 87.0 Å². The van der Waals surface area contributed by atoms with Gasteiger partial charge in [-0.15, -0.1) is 0 Å². The lowest BCUT2D eigenvalue weighted by molar-refractivity contribution is 0.148. The van der Waals surface area contributed by atoms with Gasteiger partial charge in [0.2, 0.25) is 0 Å². The van der Waals surface area contributed by atoms with E-state index < -0.39 is 0 Å². The number of nitrogens with zero attached hydrogens (tertiary/aromatic N) is 3. The number of fused-ring (bicyclic) bond motifs is 1. The molecule has 3 aromatic rings. The van der Waals surface area contributed by atoms with Crippen molar-refractivity contribution in [1.82, 2.24) is 25.2 Å². The molecule has 4 rings (SSSR count). The van der Waals surface area contributed by atoms with Gasteiger partial charge in [-0.3, -0.25) is 0 Å². The fourth-order valence-corrected chi connectivity index (χ4v) is 3.78. The third kappa shape index (κ3) is 3.67. The number of benzene rings is 1. The van der Waals surface area contributed by atoms with Gasteiger partial charge in [0.1, 0.15) is 11.6 Å². The summed E-state index contributed by atoms with van der Waals surface area (Å²) < 4.78 is 5.45. The summed E-state index contributed by atoms with van der Waals surface area (Å²) in [5, 5.41) is 3.03. The molecule has 1 fully saturated rings. The third-order valence-corrected chi connectivity index (χ3v) is 5.12. The van der Waals surface area contributed by atoms with Crippen molar-refractivity contribution in [3.63, 3.8) is 0 Å². The zero-order valence-corrected chi connectivity index (χ0v) is 15.8. The minimum absolute atomic E-state index is 0.0119. The molecule has 1 atom stereocenters. The number of H-pyrrole nitrogens is 1. The van der Waals surface area contributed by atoms with Gasteiger partial charge in [-0.2, -0.15) is 0 Å². The van der Waals surface area contributed by atoms with Gasteiger partial charge in [0.05, 0.1) is 22.8 Å². The van der Waals surface area contributed by atoms with E-state index in [9.17, 15) is 4.79 Å². The van der Waals surface area contributed by atoms with E-state index in [4.69, 9.17) is 9.40 Å². The Balaban J connectivity index is 1.43. The first-order valence-corrected chi connectivity index (χ1v) is 9.54. The Kier molecular flexibility index (Phi) is 4.83. The maximum absolute atomic E-state index is 12.8. The van der Waals surface area contributed by atoms with Gasteiger partial charge in [-0.1, -0.05) is 12.1 Å². The van der Waals surface area contributed by atoms with Crippen molar-refractivity contribution >= 4 is 17.1 Å². The second-order valence-electron chi connectivity index (χ2n) is 7.06. The molecule has 7 heteroatoms. The Morgan fingerprint density at radius 3 is 2.93 bits per heavy atom. The summed E-state index contributed by atoms with van der Waals surface area (Å²) in [6.45, 7) is 5.02. The highest BCUT2D eigenvalue weighted by Gasteiger charge is 2.30. The number of carbonyl (C=O) groups is 1. The summed E-state index contributed by atoms with van der Waals surface area (Å²) in [6.07, 6.45) is 3.71. The fraction of sp³-hybridized carbons (Fsp3) is 0.450. The minimum atomic E-state index is -0.0435. The molecule has 142 valence electrons. The molecule has 0 bridgehead atoms. The maximum atomic E-state index is 12.8. The Morgan fingerprint density at radius 1 is 1.30 bits per heavy atom. The average Bonchev–Trinajstić information content (AvgIpc) is 3.24. The number of carbonyl (C=O) groups excluding carboxylic acids is 1. The van der Waals surface area contributed by atoms with Crippen molar-refractivity contribution in [3.8, 4) is 0 Å². The summed E-state index contributed by atoms with van der Waals surface area (Å²) in [7, 11) is 0. The van der Waals surface area contributed by atoms with E-state index in [1.807, 2.05) is 43.0 Å². The summed E-state index contributed by atoms with van der Waals surface area (Å²) in [4.78, 5) is 27.2. The number of amides is 2. The Morgan fingerprint density at radius 2 is 2.15 bits per heavy atom. The quantitative estimate of drug-likeness (QED) is 0.737. The number of hydrogen-bond acceptors (Lipinski definition) is 4. The molecule has 1 unspecified atom stereocenters. The number of aryl methyl sites for hydroxylation is 2. The molecule has 2 N–H and O–H groups in total. The number of imidazole rings is 1.